The fourth-order valence-electron chi connectivity index (χ4n) is 1.44. The molecular weight excluding hydrogens is 272 g/mol. The van der Waals surface area contributed by atoms with Crippen LogP contribution >= 0.6 is 11.6 Å². The topological polar surface area (TPSA) is 79.0 Å². The van der Waals surface area contributed by atoms with Gasteiger partial charge in [0.25, 0.3) is 0 Å². The summed E-state index contributed by atoms with van der Waals surface area (Å²) in [7, 11) is 1.31. The smallest absolute Gasteiger partial charge is 0.327 e. The van der Waals surface area contributed by atoms with E-state index in [4.69, 9.17) is 11.6 Å². The van der Waals surface area contributed by atoms with Crippen LogP contribution in [0.5, 0.6) is 0 Å². The zero-order valence-electron chi connectivity index (χ0n) is 10.1. The summed E-state index contributed by atoms with van der Waals surface area (Å²) in [5.74, 6) is -0.361. The van der Waals surface area contributed by atoms with Gasteiger partial charge in [-0.15, -0.1) is 11.6 Å². The lowest BCUT2D eigenvalue weighted by atomic mass is 10.4. The van der Waals surface area contributed by atoms with Gasteiger partial charge in [-0.25, -0.2) is 4.68 Å². The van der Waals surface area contributed by atoms with Crippen molar-refractivity contribution in [1.82, 2.24) is 19.6 Å². The monoisotopic (exact) mass is 282 g/mol. The second-order valence-electron chi connectivity index (χ2n) is 3.68. The van der Waals surface area contributed by atoms with Crippen molar-refractivity contribution in [3.8, 4) is 5.69 Å². The van der Waals surface area contributed by atoms with Crippen LogP contribution in [0.1, 0.15) is 5.69 Å². The summed E-state index contributed by atoms with van der Waals surface area (Å²) in [4.78, 5) is 22.5. The molecule has 0 spiro atoms. The quantitative estimate of drug-likeness (QED) is 0.597. The van der Waals surface area contributed by atoms with E-state index in [9.17, 15) is 9.59 Å². The first-order valence-electron chi connectivity index (χ1n) is 5.38. The first-order chi connectivity index (χ1) is 9.13. The molecule has 0 aliphatic carbocycles. The molecule has 0 saturated heterocycles. The summed E-state index contributed by atoms with van der Waals surface area (Å²) in [6, 6.07) is 1.38. The average Bonchev–Trinajstić information content (AvgIpc) is 2.87. The Morgan fingerprint density at radius 3 is 3.00 bits per heavy atom. The molecule has 0 fully saturated rings. The number of esters is 1. The minimum atomic E-state index is -0.399. The van der Waals surface area contributed by atoms with Gasteiger partial charge in [-0.1, -0.05) is 0 Å². The van der Waals surface area contributed by atoms with Crippen LogP contribution in [-0.4, -0.2) is 32.6 Å². The minimum absolute atomic E-state index is 0.0130. The lowest BCUT2D eigenvalue weighted by Gasteiger charge is -2.02. The third-order valence-corrected chi connectivity index (χ3v) is 2.66. The molecule has 2 aromatic rings. The number of hydrogen-bond donors (Lipinski definition) is 0. The number of aromatic nitrogens is 4. The molecule has 0 aliphatic heterocycles. The zero-order valence-corrected chi connectivity index (χ0v) is 10.9. The second-order valence-corrected chi connectivity index (χ2v) is 3.94. The van der Waals surface area contributed by atoms with Gasteiger partial charge in [-0.05, 0) is 0 Å². The normalized spacial score (nSPS) is 10.4. The van der Waals surface area contributed by atoms with Gasteiger partial charge in [0.2, 0.25) is 5.43 Å². The van der Waals surface area contributed by atoms with Crippen LogP contribution in [0.2, 0.25) is 0 Å². The van der Waals surface area contributed by atoms with Gasteiger partial charge in [0, 0.05) is 12.3 Å². The van der Waals surface area contributed by atoms with Gasteiger partial charge < -0.3 is 4.74 Å². The molecule has 2 rings (SSSR count). The molecule has 0 radical (unpaired) electrons. The Bertz CT molecular complexity index is 649. The first-order valence-corrected chi connectivity index (χ1v) is 5.92. The van der Waals surface area contributed by atoms with Gasteiger partial charge in [0.15, 0.2) is 0 Å². The van der Waals surface area contributed by atoms with Crippen molar-refractivity contribution in [3.05, 3.63) is 40.6 Å². The van der Waals surface area contributed by atoms with E-state index < -0.39 is 5.97 Å². The summed E-state index contributed by atoms with van der Waals surface area (Å²) in [5, 5.41) is 8.08. The van der Waals surface area contributed by atoms with Crippen LogP contribution in [0.4, 0.5) is 0 Å². The molecule has 0 bridgehead atoms. The molecule has 100 valence electrons. The molecular formula is C11H11ClN4O3. The second kappa shape index (κ2) is 5.66. The number of alkyl halides is 1. The number of halogens is 1. The Labute approximate surface area is 113 Å². The van der Waals surface area contributed by atoms with Gasteiger partial charge in [-0.2, -0.15) is 10.2 Å². The van der Waals surface area contributed by atoms with Crippen molar-refractivity contribution < 1.29 is 9.53 Å². The largest absolute Gasteiger partial charge is 0.468 e. The van der Waals surface area contributed by atoms with Gasteiger partial charge in [-0.3, -0.25) is 14.3 Å². The van der Waals surface area contributed by atoms with Gasteiger partial charge in [0.1, 0.15) is 17.9 Å². The number of rotatable bonds is 4. The van der Waals surface area contributed by atoms with Crippen LogP contribution in [0, 0.1) is 0 Å². The Kier molecular flexibility index (Phi) is 3.96. The molecule has 7 nitrogen and oxygen atoms in total. The summed E-state index contributed by atoms with van der Waals surface area (Å²) >= 11 is 5.63. The molecule has 0 aliphatic rings. The number of ether oxygens (including phenoxy) is 1. The standard InChI is InChI=1S/C11H11ClN4O3/c1-19-11(18)7-15-6-8(5-13-15)16-3-2-10(17)9(4-12)14-16/h2-3,5-6H,4,7H2,1H3. The van der Waals surface area contributed by atoms with E-state index in [2.05, 4.69) is 14.9 Å². The van der Waals surface area contributed by atoms with E-state index >= 15 is 0 Å². The van der Waals surface area contributed by atoms with Crippen LogP contribution in [0.15, 0.2) is 29.5 Å². The Morgan fingerprint density at radius 2 is 2.32 bits per heavy atom. The van der Waals surface area contributed by atoms with Crippen LogP contribution < -0.4 is 5.43 Å². The summed E-state index contributed by atoms with van der Waals surface area (Å²) in [6.45, 7) is 0.0130. The van der Waals surface area contributed by atoms with Crippen molar-refractivity contribution in [1.29, 1.82) is 0 Å². The van der Waals surface area contributed by atoms with Crippen molar-refractivity contribution in [2.75, 3.05) is 7.11 Å². The van der Waals surface area contributed by atoms with Crippen molar-refractivity contribution in [2.24, 2.45) is 0 Å². The molecule has 0 aromatic carbocycles. The van der Waals surface area contributed by atoms with Gasteiger partial charge >= 0.3 is 5.97 Å². The zero-order chi connectivity index (χ0) is 13.8. The fourth-order valence-corrected chi connectivity index (χ4v) is 1.62. The number of hydrogen-bond acceptors (Lipinski definition) is 5. The van der Waals surface area contributed by atoms with E-state index in [0.717, 1.165) is 0 Å². The molecule has 0 saturated carbocycles. The van der Waals surface area contributed by atoms with Crippen molar-refractivity contribution >= 4 is 17.6 Å². The maximum absolute atomic E-state index is 11.4. The Balaban J connectivity index is 2.27. The van der Waals surface area contributed by atoms with Crippen LogP contribution in [0.3, 0.4) is 0 Å². The molecule has 0 atom stereocenters. The third kappa shape index (κ3) is 3.00. The van der Waals surface area contributed by atoms with E-state index in [-0.39, 0.29) is 23.5 Å². The van der Waals surface area contributed by atoms with Crippen molar-refractivity contribution in [3.63, 3.8) is 0 Å². The summed E-state index contributed by atoms with van der Waals surface area (Å²) in [6.07, 6.45) is 4.66. The molecule has 0 N–H and O–H groups in total. The predicted octanol–water partition coefficient (Wildman–Crippen LogP) is 0.341. The number of methoxy groups -OCH3 is 1. The van der Waals surface area contributed by atoms with E-state index in [1.54, 1.807) is 6.20 Å². The summed E-state index contributed by atoms with van der Waals surface area (Å²) < 4.78 is 7.43. The lowest BCUT2D eigenvalue weighted by Crippen LogP contribution is -2.14. The molecule has 2 aromatic heterocycles. The number of carbonyl (C=O) groups excluding carboxylic acids is 1. The molecule has 8 heteroatoms. The fraction of sp³-hybridized carbons (Fsp3) is 0.273. The Hall–Kier alpha value is -2.15. The summed E-state index contributed by atoms with van der Waals surface area (Å²) in [5.41, 5.74) is 0.661. The highest BCUT2D eigenvalue weighted by Crippen LogP contribution is 2.04. The number of carbonyl (C=O) groups is 1. The number of nitrogens with zero attached hydrogens (tertiary/aromatic N) is 4. The minimum Gasteiger partial charge on any atom is -0.468 e. The SMILES string of the molecule is COC(=O)Cn1cc(-n2ccc(=O)c(CCl)n2)cn1. The highest BCUT2D eigenvalue weighted by molar-refractivity contribution is 6.16. The lowest BCUT2D eigenvalue weighted by molar-refractivity contribution is -0.141. The highest BCUT2D eigenvalue weighted by Gasteiger charge is 2.07. The molecule has 0 unspecified atom stereocenters. The van der Waals surface area contributed by atoms with Gasteiger partial charge in [0.05, 0.1) is 25.4 Å². The molecule has 0 amide bonds. The highest BCUT2D eigenvalue weighted by atomic mass is 35.5. The average molecular weight is 283 g/mol. The molecule has 19 heavy (non-hydrogen) atoms. The predicted molar refractivity (Wildman–Crippen MR) is 67.2 cm³/mol. The van der Waals surface area contributed by atoms with Crippen molar-refractivity contribution in [2.45, 2.75) is 12.4 Å². The maximum Gasteiger partial charge on any atom is 0.327 e. The Morgan fingerprint density at radius 1 is 1.53 bits per heavy atom. The van der Waals surface area contributed by atoms with E-state index in [0.29, 0.717) is 5.69 Å². The third-order valence-electron chi connectivity index (χ3n) is 2.41. The molecule has 2 heterocycles. The van der Waals surface area contributed by atoms with Crippen LogP contribution in [0.25, 0.3) is 5.69 Å². The first kappa shape index (κ1) is 13.3. The van der Waals surface area contributed by atoms with Crippen LogP contribution in [-0.2, 0) is 22.0 Å². The van der Waals surface area contributed by atoms with E-state index in [1.807, 2.05) is 0 Å². The van der Waals surface area contributed by atoms with E-state index in [1.165, 1.54) is 34.9 Å². The maximum atomic E-state index is 11.4.